The molecule has 0 aliphatic carbocycles. The minimum atomic E-state index is -0.549. The van der Waals surface area contributed by atoms with Gasteiger partial charge in [0.15, 0.2) is 0 Å². The van der Waals surface area contributed by atoms with E-state index in [1.807, 2.05) is 24.3 Å². The van der Waals surface area contributed by atoms with Gasteiger partial charge >= 0.3 is 0 Å². The van der Waals surface area contributed by atoms with Crippen LogP contribution in [0.15, 0.2) is 47.6 Å². The quantitative estimate of drug-likeness (QED) is 0.823. The number of rotatable bonds is 5. The lowest BCUT2D eigenvalue weighted by Crippen LogP contribution is -2.04. The number of nitrogens with zero attached hydrogens (tertiary/aromatic N) is 1. The van der Waals surface area contributed by atoms with Gasteiger partial charge in [-0.1, -0.05) is 19.1 Å². The van der Waals surface area contributed by atoms with Crippen LogP contribution in [0.5, 0.6) is 0 Å². The topological polar surface area (TPSA) is 59.1 Å². The van der Waals surface area contributed by atoms with Crippen LogP contribution in [0, 0.1) is 0 Å². The molecule has 0 saturated heterocycles. The van der Waals surface area contributed by atoms with Crippen LogP contribution in [0.3, 0.4) is 0 Å². The van der Waals surface area contributed by atoms with E-state index in [1.165, 1.54) is 4.90 Å². The Hall–Kier alpha value is -1.52. The van der Waals surface area contributed by atoms with E-state index in [0.717, 1.165) is 16.9 Å². The summed E-state index contributed by atoms with van der Waals surface area (Å²) in [7, 11) is 0. The molecule has 3 nitrogen and oxygen atoms in total. The third-order valence-corrected chi connectivity index (χ3v) is 3.82. The van der Waals surface area contributed by atoms with Crippen molar-refractivity contribution in [1.82, 2.24) is 4.98 Å². The first-order chi connectivity index (χ1) is 9.20. The molecule has 0 spiro atoms. The SMILES string of the molecule is CCSc1ccc(C(O)Cc2cnccc2N)cc1. The largest absolute Gasteiger partial charge is 0.398 e. The molecule has 0 fully saturated rings. The van der Waals surface area contributed by atoms with Crippen LogP contribution in [0.4, 0.5) is 5.69 Å². The molecule has 1 heterocycles. The molecule has 4 heteroatoms. The summed E-state index contributed by atoms with van der Waals surface area (Å²) in [6.45, 7) is 2.12. The third kappa shape index (κ3) is 3.72. The average molecular weight is 274 g/mol. The zero-order valence-corrected chi connectivity index (χ0v) is 11.7. The van der Waals surface area contributed by atoms with Gasteiger partial charge in [0.1, 0.15) is 0 Å². The van der Waals surface area contributed by atoms with Crippen LogP contribution in [-0.2, 0) is 6.42 Å². The highest BCUT2D eigenvalue weighted by Crippen LogP contribution is 2.24. The molecule has 0 aliphatic rings. The van der Waals surface area contributed by atoms with Crippen molar-refractivity contribution < 1.29 is 5.11 Å². The van der Waals surface area contributed by atoms with Gasteiger partial charge < -0.3 is 10.8 Å². The lowest BCUT2D eigenvalue weighted by Gasteiger charge is -2.12. The molecule has 0 bridgehead atoms. The second kappa shape index (κ2) is 6.59. The van der Waals surface area contributed by atoms with E-state index in [2.05, 4.69) is 11.9 Å². The molecular weight excluding hydrogens is 256 g/mol. The number of hydrogen-bond acceptors (Lipinski definition) is 4. The Bertz CT molecular complexity index is 528. The summed E-state index contributed by atoms with van der Waals surface area (Å²) in [6.07, 6.45) is 3.30. The van der Waals surface area contributed by atoms with Crippen LogP contribution in [0.1, 0.15) is 24.2 Å². The van der Waals surface area contributed by atoms with Crippen molar-refractivity contribution in [3.05, 3.63) is 53.9 Å². The third-order valence-electron chi connectivity index (χ3n) is 2.93. The maximum atomic E-state index is 10.2. The minimum absolute atomic E-state index is 0.486. The van der Waals surface area contributed by atoms with E-state index < -0.39 is 6.10 Å². The molecule has 1 aromatic carbocycles. The second-order valence-corrected chi connectivity index (χ2v) is 5.63. The minimum Gasteiger partial charge on any atom is -0.398 e. The molecule has 19 heavy (non-hydrogen) atoms. The van der Waals surface area contributed by atoms with Crippen LogP contribution in [0.2, 0.25) is 0 Å². The fourth-order valence-corrected chi connectivity index (χ4v) is 2.55. The smallest absolute Gasteiger partial charge is 0.0831 e. The van der Waals surface area contributed by atoms with Crippen molar-refractivity contribution in [2.45, 2.75) is 24.3 Å². The summed E-state index contributed by atoms with van der Waals surface area (Å²) < 4.78 is 0. The number of nitrogen functional groups attached to an aromatic ring is 1. The number of anilines is 1. The van der Waals surface area contributed by atoms with Crippen molar-refractivity contribution in [2.24, 2.45) is 0 Å². The summed E-state index contributed by atoms with van der Waals surface area (Å²) >= 11 is 1.79. The first kappa shape index (κ1) is 13.9. The van der Waals surface area contributed by atoms with Crippen molar-refractivity contribution in [3.8, 4) is 0 Å². The number of benzene rings is 1. The summed E-state index contributed by atoms with van der Waals surface area (Å²) in [5, 5.41) is 10.2. The first-order valence-electron chi connectivity index (χ1n) is 6.30. The summed E-state index contributed by atoms with van der Waals surface area (Å²) in [5.74, 6) is 1.05. The monoisotopic (exact) mass is 274 g/mol. The normalized spacial score (nSPS) is 12.3. The highest BCUT2D eigenvalue weighted by Gasteiger charge is 2.10. The van der Waals surface area contributed by atoms with E-state index in [9.17, 15) is 5.11 Å². The number of hydrogen-bond donors (Lipinski definition) is 2. The highest BCUT2D eigenvalue weighted by molar-refractivity contribution is 7.99. The van der Waals surface area contributed by atoms with E-state index in [0.29, 0.717) is 12.1 Å². The maximum Gasteiger partial charge on any atom is 0.0831 e. The molecule has 1 atom stereocenters. The number of nitrogens with two attached hydrogens (primary N) is 1. The van der Waals surface area contributed by atoms with Crippen LogP contribution < -0.4 is 5.73 Å². The van der Waals surface area contributed by atoms with Gasteiger partial charge in [-0.05, 0) is 35.1 Å². The Balaban J connectivity index is 2.07. The predicted octanol–water partition coefficient (Wildman–Crippen LogP) is 3.05. The summed E-state index contributed by atoms with van der Waals surface area (Å²) in [6, 6.07) is 9.77. The van der Waals surface area contributed by atoms with Crippen LogP contribution in [0.25, 0.3) is 0 Å². The lowest BCUT2D eigenvalue weighted by molar-refractivity contribution is 0.178. The average Bonchev–Trinajstić information content (AvgIpc) is 2.42. The summed E-state index contributed by atoms with van der Waals surface area (Å²) in [4.78, 5) is 5.26. The molecule has 2 rings (SSSR count). The van der Waals surface area contributed by atoms with E-state index in [4.69, 9.17) is 5.73 Å². The molecule has 2 aromatic rings. The molecule has 1 aromatic heterocycles. The molecule has 0 aliphatic heterocycles. The molecule has 0 amide bonds. The Morgan fingerprint density at radius 2 is 2.00 bits per heavy atom. The van der Waals surface area contributed by atoms with Gasteiger partial charge in [0.25, 0.3) is 0 Å². The Morgan fingerprint density at radius 1 is 1.26 bits per heavy atom. The van der Waals surface area contributed by atoms with Gasteiger partial charge in [-0.25, -0.2) is 0 Å². The van der Waals surface area contributed by atoms with Gasteiger partial charge in [-0.2, -0.15) is 0 Å². The molecule has 0 radical (unpaired) electrons. The zero-order valence-electron chi connectivity index (χ0n) is 10.9. The number of aliphatic hydroxyl groups is 1. The van der Waals surface area contributed by atoms with Crippen molar-refractivity contribution in [2.75, 3.05) is 11.5 Å². The Kier molecular flexibility index (Phi) is 4.82. The predicted molar refractivity (Wildman–Crippen MR) is 80.2 cm³/mol. The molecule has 1 unspecified atom stereocenters. The second-order valence-electron chi connectivity index (χ2n) is 4.30. The number of aromatic nitrogens is 1. The van der Waals surface area contributed by atoms with E-state index in [-0.39, 0.29) is 0 Å². The molecule has 0 saturated carbocycles. The van der Waals surface area contributed by atoms with Crippen LogP contribution >= 0.6 is 11.8 Å². The maximum absolute atomic E-state index is 10.2. The van der Waals surface area contributed by atoms with Gasteiger partial charge in [0.05, 0.1) is 6.10 Å². The van der Waals surface area contributed by atoms with Gasteiger partial charge in [0.2, 0.25) is 0 Å². The fraction of sp³-hybridized carbons (Fsp3) is 0.267. The lowest BCUT2D eigenvalue weighted by atomic mass is 10.0. The number of aliphatic hydroxyl groups excluding tert-OH is 1. The highest BCUT2D eigenvalue weighted by atomic mass is 32.2. The van der Waals surface area contributed by atoms with Gasteiger partial charge in [0, 0.05) is 29.4 Å². The van der Waals surface area contributed by atoms with Gasteiger partial charge in [-0.15, -0.1) is 11.8 Å². The Morgan fingerprint density at radius 3 is 2.63 bits per heavy atom. The Labute approximate surface area is 117 Å². The molecule has 100 valence electrons. The molecule has 3 N–H and O–H groups in total. The van der Waals surface area contributed by atoms with Crippen LogP contribution in [-0.4, -0.2) is 15.8 Å². The summed E-state index contributed by atoms with van der Waals surface area (Å²) in [5.41, 5.74) is 8.31. The fourth-order valence-electron chi connectivity index (χ4n) is 1.89. The van der Waals surface area contributed by atoms with Crippen molar-refractivity contribution >= 4 is 17.4 Å². The van der Waals surface area contributed by atoms with E-state index in [1.54, 1.807) is 30.2 Å². The molecular formula is C15H18N2OS. The number of thioether (sulfide) groups is 1. The first-order valence-corrected chi connectivity index (χ1v) is 7.28. The standard InChI is InChI=1S/C15H18N2OS/c1-2-19-13-5-3-11(4-6-13)15(18)9-12-10-17-8-7-14(12)16/h3-8,10,15,18H,2,9H2,1H3,(H2,16,17). The van der Waals surface area contributed by atoms with Crippen molar-refractivity contribution in [1.29, 1.82) is 0 Å². The van der Waals surface area contributed by atoms with Crippen molar-refractivity contribution in [3.63, 3.8) is 0 Å². The van der Waals surface area contributed by atoms with Gasteiger partial charge in [-0.3, -0.25) is 4.98 Å². The zero-order chi connectivity index (χ0) is 13.7. The van der Waals surface area contributed by atoms with E-state index >= 15 is 0 Å². The number of pyridine rings is 1.